The predicted molar refractivity (Wildman–Crippen MR) is 93.5 cm³/mol. The molecule has 1 aromatic carbocycles. The van der Waals surface area contributed by atoms with Gasteiger partial charge in [-0.3, -0.25) is 4.98 Å². The fourth-order valence-corrected chi connectivity index (χ4v) is 2.27. The molecular weight excluding hydrogens is 306 g/mol. The fourth-order valence-electron chi connectivity index (χ4n) is 2.27. The number of urea groups is 1. The number of nitrogens with one attached hydrogen (secondary N) is 2. The lowest BCUT2D eigenvalue weighted by atomic mass is 10.1. The van der Waals surface area contributed by atoms with E-state index in [0.29, 0.717) is 28.3 Å². The van der Waals surface area contributed by atoms with Gasteiger partial charge in [-0.25, -0.2) is 9.59 Å². The Morgan fingerprint density at radius 1 is 1.08 bits per heavy atom. The van der Waals surface area contributed by atoms with Gasteiger partial charge in [0.1, 0.15) is 0 Å². The highest BCUT2D eigenvalue weighted by Gasteiger charge is 2.15. The van der Waals surface area contributed by atoms with E-state index in [1.165, 1.54) is 0 Å². The number of aromatic nitrogens is 1. The number of pyridine rings is 1. The van der Waals surface area contributed by atoms with Gasteiger partial charge in [0.25, 0.3) is 0 Å². The molecule has 0 spiro atoms. The molecule has 2 amide bonds. The van der Waals surface area contributed by atoms with E-state index in [-0.39, 0.29) is 6.61 Å². The van der Waals surface area contributed by atoms with Crippen molar-refractivity contribution in [1.29, 1.82) is 0 Å². The predicted octanol–water partition coefficient (Wildman–Crippen LogP) is 3.83. The van der Waals surface area contributed by atoms with Gasteiger partial charge in [0.2, 0.25) is 0 Å². The van der Waals surface area contributed by atoms with Gasteiger partial charge in [-0.15, -0.1) is 0 Å². The van der Waals surface area contributed by atoms with Crippen molar-refractivity contribution in [1.82, 2.24) is 4.98 Å². The van der Waals surface area contributed by atoms with Crippen molar-refractivity contribution >= 4 is 23.4 Å². The van der Waals surface area contributed by atoms with Crippen LogP contribution in [0.25, 0.3) is 0 Å². The van der Waals surface area contributed by atoms with Crippen LogP contribution in [0.4, 0.5) is 16.2 Å². The van der Waals surface area contributed by atoms with Crippen LogP contribution in [0.2, 0.25) is 0 Å². The van der Waals surface area contributed by atoms with Crippen molar-refractivity contribution in [3.8, 4) is 0 Å². The van der Waals surface area contributed by atoms with Gasteiger partial charge in [0, 0.05) is 5.69 Å². The summed E-state index contributed by atoms with van der Waals surface area (Å²) in [6, 6.07) is 8.67. The van der Waals surface area contributed by atoms with Gasteiger partial charge >= 0.3 is 12.0 Å². The minimum Gasteiger partial charge on any atom is -0.462 e. The Bertz CT molecular complexity index is 772. The Hall–Kier alpha value is -2.89. The maximum Gasteiger partial charge on any atom is 0.340 e. The Balaban J connectivity index is 2.17. The number of benzene rings is 1. The normalized spacial score (nSPS) is 10.2. The van der Waals surface area contributed by atoms with Crippen LogP contribution < -0.4 is 10.6 Å². The summed E-state index contributed by atoms with van der Waals surface area (Å²) in [6.45, 7) is 7.47. The molecule has 0 aliphatic rings. The van der Waals surface area contributed by atoms with Gasteiger partial charge in [-0.05, 0) is 51.5 Å². The third kappa shape index (κ3) is 4.32. The van der Waals surface area contributed by atoms with Gasteiger partial charge in [-0.1, -0.05) is 12.1 Å². The standard InChI is InChI=1S/C18H21N3O3/c1-5-24-17(22)15-10-16(13(4)19-12(15)3)21-18(23)20-14-8-6-7-11(2)9-14/h6-10H,5H2,1-4H3,(H2,20,21,23). The van der Waals surface area contributed by atoms with E-state index in [1.807, 2.05) is 25.1 Å². The van der Waals surface area contributed by atoms with Gasteiger partial charge in [-0.2, -0.15) is 0 Å². The number of aryl methyl sites for hydroxylation is 3. The quantitative estimate of drug-likeness (QED) is 0.836. The van der Waals surface area contributed by atoms with E-state index in [1.54, 1.807) is 32.9 Å². The summed E-state index contributed by atoms with van der Waals surface area (Å²) in [5.41, 5.74) is 3.74. The molecule has 126 valence electrons. The summed E-state index contributed by atoms with van der Waals surface area (Å²) in [4.78, 5) is 28.4. The lowest BCUT2D eigenvalue weighted by Gasteiger charge is -2.13. The number of anilines is 2. The van der Waals surface area contributed by atoms with Gasteiger partial charge in [0.15, 0.2) is 0 Å². The number of esters is 1. The number of amides is 2. The second-order valence-corrected chi connectivity index (χ2v) is 5.42. The van der Waals surface area contributed by atoms with E-state index in [4.69, 9.17) is 4.74 Å². The molecule has 0 fully saturated rings. The largest absolute Gasteiger partial charge is 0.462 e. The highest BCUT2D eigenvalue weighted by molar-refractivity contribution is 6.01. The summed E-state index contributed by atoms with van der Waals surface area (Å²) in [6.07, 6.45) is 0. The zero-order valence-corrected chi connectivity index (χ0v) is 14.3. The van der Waals surface area contributed by atoms with Crippen LogP contribution in [-0.4, -0.2) is 23.6 Å². The molecule has 2 rings (SSSR count). The Morgan fingerprint density at radius 2 is 1.83 bits per heavy atom. The van der Waals surface area contributed by atoms with Crippen molar-refractivity contribution in [3.63, 3.8) is 0 Å². The molecule has 0 unspecified atom stereocenters. The zero-order chi connectivity index (χ0) is 17.7. The second kappa shape index (κ2) is 7.59. The first-order chi connectivity index (χ1) is 11.4. The van der Waals surface area contributed by atoms with Crippen LogP contribution in [0.3, 0.4) is 0 Å². The summed E-state index contributed by atoms with van der Waals surface area (Å²) in [5, 5.41) is 5.48. The first kappa shape index (κ1) is 17.5. The van der Waals surface area contributed by atoms with Crippen LogP contribution in [-0.2, 0) is 4.74 Å². The lowest BCUT2D eigenvalue weighted by Crippen LogP contribution is -2.21. The molecule has 0 bridgehead atoms. The third-order valence-electron chi connectivity index (χ3n) is 3.42. The van der Waals surface area contributed by atoms with E-state index in [0.717, 1.165) is 5.56 Å². The topological polar surface area (TPSA) is 80.3 Å². The van der Waals surface area contributed by atoms with Crippen LogP contribution in [0.1, 0.15) is 34.2 Å². The van der Waals surface area contributed by atoms with E-state index >= 15 is 0 Å². The third-order valence-corrected chi connectivity index (χ3v) is 3.42. The van der Waals surface area contributed by atoms with Crippen molar-refractivity contribution < 1.29 is 14.3 Å². The number of carbonyl (C=O) groups excluding carboxylic acids is 2. The molecule has 0 aliphatic carbocycles. The average molecular weight is 327 g/mol. The monoisotopic (exact) mass is 327 g/mol. The van der Waals surface area contributed by atoms with Gasteiger partial charge in [0.05, 0.1) is 29.2 Å². The summed E-state index contributed by atoms with van der Waals surface area (Å²) < 4.78 is 5.01. The van der Waals surface area contributed by atoms with E-state index in [2.05, 4.69) is 15.6 Å². The molecule has 0 atom stereocenters. The number of rotatable bonds is 4. The molecular formula is C18H21N3O3. The van der Waals surface area contributed by atoms with E-state index in [9.17, 15) is 9.59 Å². The lowest BCUT2D eigenvalue weighted by molar-refractivity contribution is 0.0525. The molecule has 0 radical (unpaired) electrons. The smallest absolute Gasteiger partial charge is 0.340 e. The SMILES string of the molecule is CCOC(=O)c1cc(NC(=O)Nc2cccc(C)c2)c(C)nc1C. The van der Waals surface area contributed by atoms with Crippen LogP contribution in [0.5, 0.6) is 0 Å². The maximum absolute atomic E-state index is 12.2. The van der Waals surface area contributed by atoms with Gasteiger partial charge < -0.3 is 15.4 Å². The highest BCUT2D eigenvalue weighted by atomic mass is 16.5. The molecule has 0 aliphatic heterocycles. The zero-order valence-electron chi connectivity index (χ0n) is 14.3. The molecule has 6 heteroatoms. The summed E-state index contributed by atoms with van der Waals surface area (Å²) >= 11 is 0. The van der Waals surface area contributed by atoms with Crippen LogP contribution >= 0.6 is 0 Å². The second-order valence-electron chi connectivity index (χ2n) is 5.42. The van der Waals surface area contributed by atoms with Crippen molar-refractivity contribution in [2.24, 2.45) is 0 Å². The summed E-state index contributed by atoms with van der Waals surface area (Å²) in [7, 11) is 0. The number of hydrogen-bond donors (Lipinski definition) is 2. The Labute approximate surface area is 141 Å². The maximum atomic E-state index is 12.2. The molecule has 0 saturated carbocycles. The molecule has 2 N–H and O–H groups in total. The molecule has 24 heavy (non-hydrogen) atoms. The number of carbonyl (C=O) groups is 2. The Kier molecular flexibility index (Phi) is 5.52. The number of ether oxygens (including phenoxy) is 1. The first-order valence-corrected chi connectivity index (χ1v) is 7.70. The summed E-state index contributed by atoms with van der Waals surface area (Å²) in [5.74, 6) is -0.454. The molecule has 2 aromatic rings. The minimum absolute atomic E-state index is 0.281. The number of hydrogen-bond acceptors (Lipinski definition) is 4. The van der Waals surface area contributed by atoms with Crippen molar-refractivity contribution in [3.05, 3.63) is 52.8 Å². The molecule has 1 aromatic heterocycles. The van der Waals surface area contributed by atoms with Crippen molar-refractivity contribution in [2.75, 3.05) is 17.2 Å². The minimum atomic E-state index is -0.454. The van der Waals surface area contributed by atoms with Crippen LogP contribution in [0.15, 0.2) is 30.3 Å². The van der Waals surface area contributed by atoms with E-state index < -0.39 is 12.0 Å². The van der Waals surface area contributed by atoms with Crippen LogP contribution in [0, 0.1) is 20.8 Å². The molecule has 0 saturated heterocycles. The highest BCUT2D eigenvalue weighted by Crippen LogP contribution is 2.19. The first-order valence-electron chi connectivity index (χ1n) is 7.70. The average Bonchev–Trinajstić information content (AvgIpc) is 2.50. The number of nitrogens with zero attached hydrogens (tertiary/aromatic N) is 1. The van der Waals surface area contributed by atoms with Crippen molar-refractivity contribution in [2.45, 2.75) is 27.7 Å². The fraction of sp³-hybridized carbons (Fsp3) is 0.278. The molecule has 6 nitrogen and oxygen atoms in total. The molecule has 1 heterocycles. The Morgan fingerprint density at radius 3 is 2.50 bits per heavy atom.